The van der Waals surface area contributed by atoms with E-state index in [9.17, 15) is 18.0 Å². The SMILES string of the molecule is O=C(CCn1c(=O)oc2cc(S(=O)(=O)N3CCCC3)ccc21)Nc1nc2ccccc2s1. The summed E-state index contributed by atoms with van der Waals surface area (Å²) < 4.78 is 34.5. The van der Waals surface area contributed by atoms with Gasteiger partial charge in [0.15, 0.2) is 10.7 Å². The number of hydrogen-bond acceptors (Lipinski definition) is 7. The van der Waals surface area contributed by atoms with Gasteiger partial charge in [0.25, 0.3) is 0 Å². The zero-order valence-corrected chi connectivity index (χ0v) is 18.6. The fourth-order valence-corrected chi connectivity index (χ4v) is 6.23. The molecule has 32 heavy (non-hydrogen) atoms. The summed E-state index contributed by atoms with van der Waals surface area (Å²) in [5, 5.41) is 3.26. The van der Waals surface area contributed by atoms with Gasteiger partial charge in [-0.05, 0) is 37.1 Å². The largest absolute Gasteiger partial charge is 0.419 e. The van der Waals surface area contributed by atoms with Crippen LogP contribution >= 0.6 is 11.3 Å². The van der Waals surface area contributed by atoms with Gasteiger partial charge in [-0.15, -0.1) is 0 Å². The predicted molar refractivity (Wildman–Crippen MR) is 121 cm³/mol. The van der Waals surface area contributed by atoms with Gasteiger partial charge in [-0.1, -0.05) is 23.5 Å². The Bertz CT molecular complexity index is 1450. The lowest BCUT2D eigenvalue weighted by Gasteiger charge is -2.15. The molecule has 166 valence electrons. The van der Waals surface area contributed by atoms with E-state index in [1.807, 2.05) is 24.3 Å². The molecule has 0 bridgehead atoms. The van der Waals surface area contributed by atoms with Crippen LogP contribution in [-0.4, -0.2) is 41.3 Å². The van der Waals surface area contributed by atoms with E-state index < -0.39 is 15.8 Å². The molecule has 1 amide bonds. The van der Waals surface area contributed by atoms with Crippen molar-refractivity contribution in [3.8, 4) is 0 Å². The Hall–Kier alpha value is -3.02. The maximum atomic E-state index is 12.8. The monoisotopic (exact) mass is 472 g/mol. The van der Waals surface area contributed by atoms with Crippen LogP contribution in [0.5, 0.6) is 0 Å². The summed E-state index contributed by atoms with van der Waals surface area (Å²) in [6.07, 6.45) is 1.72. The first-order valence-electron chi connectivity index (χ1n) is 10.2. The number of hydrogen-bond donors (Lipinski definition) is 1. The van der Waals surface area contributed by atoms with E-state index in [4.69, 9.17) is 4.42 Å². The van der Waals surface area contributed by atoms with Crippen LogP contribution in [0.1, 0.15) is 19.3 Å². The number of nitrogens with zero attached hydrogens (tertiary/aromatic N) is 3. The number of anilines is 1. The molecule has 1 aliphatic rings. The number of amides is 1. The minimum atomic E-state index is -3.61. The van der Waals surface area contributed by atoms with E-state index in [2.05, 4.69) is 10.3 Å². The second-order valence-corrected chi connectivity index (χ2v) is 10.5. The van der Waals surface area contributed by atoms with Crippen LogP contribution in [0.2, 0.25) is 0 Å². The number of fused-ring (bicyclic) bond motifs is 2. The van der Waals surface area contributed by atoms with Gasteiger partial charge in [0.05, 0.1) is 20.6 Å². The Balaban J connectivity index is 1.32. The normalized spacial score (nSPS) is 15.0. The van der Waals surface area contributed by atoms with Gasteiger partial charge >= 0.3 is 5.76 Å². The average Bonchev–Trinajstić information content (AvgIpc) is 3.50. The van der Waals surface area contributed by atoms with E-state index in [0.29, 0.717) is 23.7 Å². The van der Waals surface area contributed by atoms with Crippen molar-refractivity contribution in [1.82, 2.24) is 13.9 Å². The number of aromatic nitrogens is 2. The number of benzene rings is 2. The van der Waals surface area contributed by atoms with Crippen LogP contribution in [0.3, 0.4) is 0 Å². The van der Waals surface area contributed by atoms with E-state index in [1.165, 1.54) is 32.3 Å². The highest BCUT2D eigenvalue weighted by atomic mass is 32.2. The van der Waals surface area contributed by atoms with Crippen LogP contribution in [-0.2, 0) is 21.4 Å². The minimum absolute atomic E-state index is 0.0400. The summed E-state index contributed by atoms with van der Waals surface area (Å²) in [4.78, 5) is 29.2. The average molecular weight is 473 g/mol. The number of rotatable bonds is 6. The molecular weight excluding hydrogens is 452 g/mol. The summed E-state index contributed by atoms with van der Waals surface area (Å²) in [6.45, 7) is 1.09. The fraction of sp³-hybridized carbons (Fsp3) is 0.286. The summed E-state index contributed by atoms with van der Waals surface area (Å²) in [5.74, 6) is -0.915. The van der Waals surface area contributed by atoms with Crippen LogP contribution < -0.4 is 11.1 Å². The molecule has 11 heteroatoms. The number of aryl methyl sites for hydroxylation is 1. The molecule has 4 aromatic rings. The summed E-state index contributed by atoms with van der Waals surface area (Å²) in [6, 6.07) is 12.0. The molecule has 9 nitrogen and oxygen atoms in total. The molecule has 0 atom stereocenters. The molecule has 3 heterocycles. The first-order valence-corrected chi connectivity index (χ1v) is 12.5. The quantitative estimate of drug-likeness (QED) is 0.461. The van der Waals surface area contributed by atoms with Gasteiger partial charge in [0.2, 0.25) is 15.9 Å². The molecule has 0 unspecified atom stereocenters. The second-order valence-electron chi connectivity index (χ2n) is 7.55. The van der Waals surface area contributed by atoms with Crippen LogP contribution in [0.15, 0.2) is 56.6 Å². The summed E-state index contributed by atoms with van der Waals surface area (Å²) >= 11 is 1.38. The lowest BCUT2D eigenvalue weighted by atomic mass is 10.3. The molecule has 2 aromatic carbocycles. The smallest absolute Gasteiger partial charge is 0.408 e. The molecule has 1 saturated heterocycles. The van der Waals surface area contributed by atoms with Crippen LogP contribution in [0, 0.1) is 0 Å². The molecule has 2 aromatic heterocycles. The lowest BCUT2D eigenvalue weighted by Crippen LogP contribution is -2.27. The number of sulfonamides is 1. The van der Waals surface area contributed by atoms with Crippen molar-refractivity contribution >= 4 is 53.7 Å². The van der Waals surface area contributed by atoms with E-state index in [-0.39, 0.29) is 29.4 Å². The molecular formula is C21H20N4O5S2. The van der Waals surface area contributed by atoms with Crippen molar-refractivity contribution in [2.75, 3.05) is 18.4 Å². The number of oxazole rings is 1. The molecule has 5 rings (SSSR count). The third-order valence-corrected chi connectivity index (χ3v) is 8.29. The number of para-hydroxylation sites is 1. The van der Waals surface area contributed by atoms with Crippen molar-refractivity contribution < 1.29 is 17.6 Å². The van der Waals surface area contributed by atoms with Crippen molar-refractivity contribution in [2.24, 2.45) is 0 Å². The highest BCUT2D eigenvalue weighted by molar-refractivity contribution is 7.89. The zero-order valence-electron chi connectivity index (χ0n) is 17.0. The van der Waals surface area contributed by atoms with E-state index in [1.54, 1.807) is 6.07 Å². The van der Waals surface area contributed by atoms with E-state index >= 15 is 0 Å². The first kappa shape index (κ1) is 20.9. The second kappa shape index (κ2) is 8.15. The fourth-order valence-electron chi connectivity index (χ4n) is 3.82. The third kappa shape index (κ3) is 3.83. The Morgan fingerprint density at radius 1 is 1.16 bits per heavy atom. The van der Waals surface area contributed by atoms with Crippen molar-refractivity contribution in [1.29, 1.82) is 0 Å². The van der Waals surface area contributed by atoms with Gasteiger partial charge in [-0.3, -0.25) is 9.36 Å². The van der Waals surface area contributed by atoms with Crippen LogP contribution in [0.25, 0.3) is 21.3 Å². The number of nitrogens with one attached hydrogen (secondary N) is 1. The van der Waals surface area contributed by atoms with Gasteiger partial charge < -0.3 is 9.73 Å². The molecule has 1 N–H and O–H groups in total. The standard InChI is InChI=1S/C21H20N4O5S2/c26-19(23-20-22-15-5-1-2-6-18(15)31-20)9-12-25-16-8-7-14(13-17(16)30-21(25)27)32(28,29)24-10-3-4-11-24/h1-2,5-8,13H,3-4,9-12H2,(H,22,23,26). The number of thiazole rings is 1. The predicted octanol–water partition coefficient (Wildman–Crippen LogP) is 3.02. The molecule has 1 fully saturated rings. The van der Waals surface area contributed by atoms with Gasteiger partial charge in [-0.25, -0.2) is 18.2 Å². The maximum absolute atomic E-state index is 12.8. The Morgan fingerprint density at radius 3 is 2.72 bits per heavy atom. The highest BCUT2D eigenvalue weighted by Crippen LogP contribution is 2.26. The van der Waals surface area contributed by atoms with Crippen molar-refractivity contribution in [2.45, 2.75) is 30.7 Å². The Kier molecular flexibility index (Phi) is 5.31. The summed E-state index contributed by atoms with van der Waals surface area (Å²) in [7, 11) is -3.61. The molecule has 0 radical (unpaired) electrons. The lowest BCUT2D eigenvalue weighted by molar-refractivity contribution is -0.116. The molecule has 0 saturated carbocycles. The van der Waals surface area contributed by atoms with Crippen molar-refractivity contribution in [3.05, 3.63) is 53.0 Å². The number of carbonyl (C=O) groups is 1. The molecule has 1 aliphatic heterocycles. The highest BCUT2D eigenvalue weighted by Gasteiger charge is 2.28. The first-order chi connectivity index (χ1) is 15.4. The summed E-state index contributed by atoms with van der Waals surface area (Å²) in [5.41, 5.74) is 1.44. The minimum Gasteiger partial charge on any atom is -0.408 e. The molecule has 0 aliphatic carbocycles. The Morgan fingerprint density at radius 2 is 1.94 bits per heavy atom. The van der Waals surface area contributed by atoms with Crippen molar-refractivity contribution in [3.63, 3.8) is 0 Å². The van der Waals surface area contributed by atoms with Gasteiger partial charge in [0, 0.05) is 32.1 Å². The topological polar surface area (TPSA) is 115 Å². The zero-order chi connectivity index (χ0) is 22.3. The van der Waals surface area contributed by atoms with E-state index in [0.717, 1.165) is 23.1 Å². The third-order valence-electron chi connectivity index (χ3n) is 5.45. The Labute approximate surface area is 187 Å². The van der Waals surface area contributed by atoms with Gasteiger partial charge in [0.1, 0.15) is 0 Å². The molecule has 0 spiro atoms. The maximum Gasteiger partial charge on any atom is 0.419 e. The van der Waals surface area contributed by atoms with Crippen LogP contribution in [0.4, 0.5) is 5.13 Å². The number of carbonyl (C=O) groups excluding carboxylic acids is 1. The van der Waals surface area contributed by atoms with Gasteiger partial charge in [-0.2, -0.15) is 4.31 Å².